The molecular formula is C23H31ClN2O2. The third kappa shape index (κ3) is 5.51. The molecule has 0 aliphatic carbocycles. The molecule has 0 fully saturated rings. The number of aryl methyl sites for hydroxylation is 2. The van der Waals surface area contributed by atoms with Crippen LogP contribution < -0.4 is 10.1 Å². The van der Waals surface area contributed by atoms with Crippen LogP contribution in [0.15, 0.2) is 54.7 Å². The molecule has 152 valence electrons. The lowest BCUT2D eigenvalue weighted by atomic mass is 9.94. The van der Waals surface area contributed by atoms with E-state index in [1.54, 1.807) is 0 Å². The SMILES string of the molecule is Cc1ccccc1OCC(O)CNC(C)(C)Cc1cn(C)c2ccccc12.Cl. The van der Waals surface area contributed by atoms with Gasteiger partial charge in [0.05, 0.1) is 0 Å². The van der Waals surface area contributed by atoms with Crippen LogP contribution in [0.3, 0.4) is 0 Å². The second-order valence-corrected chi connectivity index (χ2v) is 7.95. The number of hydrogen-bond acceptors (Lipinski definition) is 3. The minimum absolute atomic E-state index is 0. The lowest BCUT2D eigenvalue weighted by Crippen LogP contribution is -2.46. The van der Waals surface area contributed by atoms with Gasteiger partial charge in [0.25, 0.3) is 0 Å². The average Bonchev–Trinajstić information content (AvgIpc) is 2.95. The number of halogens is 1. The van der Waals surface area contributed by atoms with E-state index in [0.29, 0.717) is 6.54 Å². The van der Waals surface area contributed by atoms with Crippen LogP contribution in [-0.2, 0) is 13.5 Å². The van der Waals surface area contributed by atoms with Crippen LogP contribution in [0, 0.1) is 6.92 Å². The first-order valence-corrected chi connectivity index (χ1v) is 9.50. The Morgan fingerprint density at radius 2 is 1.79 bits per heavy atom. The first kappa shape index (κ1) is 22.3. The van der Waals surface area contributed by atoms with Crippen molar-refractivity contribution in [2.45, 2.75) is 38.8 Å². The van der Waals surface area contributed by atoms with Crippen LogP contribution in [0.4, 0.5) is 0 Å². The second-order valence-electron chi connectivity index (χ2n) is 7.95. The summed E-state index contributed by atoms with van der Waals surface area (Å²) in [5, 5.41) is 15.1. The highest BCUT2D eigenvalue weighted by Gasteiger charge is 2.21. The summed E-state index contributed by atoms with van der Waals surface area (Å²) in [6.07, 6.45) is 2.53. The number of para-hydroxylation sites is 2. The zero-order valence-corrected chi connectivity index (χ0v) is 17.9. The van der Waals surface area contributed by atoms with Gasteiger partial charge in [-0.15, -0.1) is 12.4 Å². The molecule has 28 heavy (non-hydrogen) atoms. The molecule has 0 amide bonds. The van der Waals surface area contributed by atoms with E-state index in [1.807, 2.05) is 31.2 Å². The van der Waals surface area contributed by atoms with E-state index in [0.717, 1.165) is 17.7 Å². The van der Waals surface area contributed by atoms with Gasteiger partial charge in [0.15, 0.2) is 0 Å². The summed E-state index contributed by atoms with van der Waals surface area (Å²) < 4.78 is 7.92. The van der Waals surface area contributed by atoms with Crippen molar-refractivity contribution >= 4 is 23.3 Å². The van der Waals surface area contributed by atoms with Crippen molar-refractivity contribution in [3.63, 3.8) is 0 Å². The zero-order chi connectivity index (χ0) is 19.4. The Hall–Kier alpha value is -2.01. The minimum atomic E-state index is -0.559. The number of benzene rings is 2. The molecule has 2 N–H and O–H groups in total. The minimum Gasteiger partial charge on any atom is -0.491 e. The number of hydrogen-bond donors (Lipinski definition) is 2. The number of nitrogens with zero attached hydrogens (tertiary/aromatic N) is 1. The maximum Gasteiger partial charge on any atom is 0.122 e. The molecule has 3 rings (SSSR count). The fraction of sp³-hybridized carbons (Fsp3) is 0.391. The van der Waals surface area contributed by atoms with Crippen molar-refractivity contribution in [1.29, 1.82) is 0 Å². The number of aliphatic hydroxyl groups excluding tert-OH is 1. The number of fused-ring (bicyclic) bond motifs is 1. The third-order valence-corrected chi connectivity index (χ3v) is 4.95. The van der Waals surface area contributed by atoms with Crippen molar-refractivity contribution in [1.82, 2.24) is 9.88 Å². The molecule has 1 atom stereocenters. The Bertz CT molecular complexity index is 905. The summed E-state index contributed by atoms with van der Waals surface area (Å²) in [5.74, 6) is 0.826. The fourth-order valence-corrected chi connectivity index (χ4v) is 3.46. The number of nitrogens with one attached hydrogen (secondary N) is 1. The molecule has 0 bridgehead atoms. The average molecular weight is 403 g/mol. The van der Waals surface area contributed by atoms with E-state index in [9.17, 15) is 5.11 Å². The first-order valence-electron chi connectivity index (χ1n) is 9.50. The molecule has 1 unspecified atom stereocenters. The van der Waals surface area contributed by atoms with Gasteiger partial charge in [0.1, 0.15) is 18.5 Å². The molecule has 2 aromatic carbocycles. The largest absolute Gasteiger partial charge is 0.491 e. The molecule has 1 heterocycles. The summed E-state index contributed by atoms with van der Waals surface area (Å²) in [4.78, 5) is 0. The van der Waals surface area contributed by atoms with Crippen molar-refractivity contribution in [3.05, 3.63) is 65.9 Å². The molecule has 3 aromatic rings. The number of rotatable bonds is 8. The number of ether oxygens (including phenoxy) is 1. The monoisotopic (exact) mass is 402 g/mol. The summed E-state index contributed by atoms with van der Waals surface area (Å²) in [5.41, 5.74) is 3.51. The standard InChI is InChI=1S/C23H30N2O2.ClH/c1-17-9-5-8-12-22(17)27-16-19(26)14-24-23(2,3)13-18-15-25(4)21-11-7-6-10-20(18)21;/h5-12,15,19,24,26H,13-14,16H2,1-4H3;1H. The normalized spacial score (nSPS) is 12.6. The summed E-state index contributed by atoms with van der Waals surface area (Å²) in [6, 6.07) is 16.3. The van der Waals surface area contributed by atoms with E-state index >= 15 is 0 Å². The number of aliphatic hydroxyl groups is 1. The summed E-state index contributed by atoms with van der Waals surface area (Å²) in [6.45, 7) is 7.12. The highest BCUT2D eigenvalue weighted by Crippen LogP contribution is 2.24. The predicted molar refractivity (Wildman–Crippen MR) is 119 cm³/mol. The van der Waals surface area contributed by atoms with Gasteiger partial charge in [-0.1, -0.05) is 36.4 Å². The van der Waals surface area contributed by atoms with E-state index < -0.39 is 6.10 Å². The van der Waals surface area contributed by atoms with E-state index in [-0.39, 0.29) is 24.6 Å². The van der Waals surface area contributed by atoms with Gasteiger partial charge in [0, 0.05) is 36.2 Å². The van der Waals surface area contributed by atoms with Gasteiger partial charge in [-0.25, -0.2) is 0 Å². The van der Waals surface area contributed by atoms with E-state index in [1.165, 1.54) is 16.5 Å². The lowest BCUT2D eigenvalue weighted by molar-refractivity contribution is 0.0985. The van der Waals surface area contributed by atoms with Gasteiger partial charge in [0.2, 0.25) is 0 Å². The van der Waals surface area contributed by atoms with Crippen molar-refractivity contribution in [2.24, 2.45) is 7.05 Å². The van der Waals surface area contributed by atoms with E-state index in [2.05, 4.69) is 61.2 Å². The zero-order valence-electron chi connectivity index (χ0n) is 17.1. The van der Waals surface area contributed by atoms with Crippen molar-refractivity contribution < 1.29 is 9.84 Å². The molecule has 4 nitrogen and oxygen atoms in total. The Balaban J connectivity index is 0.00000280. The maximum atomic E-state index is 10.3. The number of aromatic nitrogens is 1. The van der Waals surface area contributed by atoms with Gasteiger partial charge < -0.3 is 19.7 Å². The lowest BCUT2D eigenvalue weighted by Gasteiger charge is -2.28. The highest BCUT2D eigenvalue weighted by atomic mass is 35.5. The highest BCUT2D eigenvalue weighted by molar-refractivity contribution is 5.85. The van der Waals surface area contributed by atoms with Crippen LogP contribution in [0.2, 0.25) is 0 Å². The van der Waals surface area contributed by atoms with Crippen LogP contribution >= 0.6 is 12.4 Å². The van der Waals surface area contributed by atoms with Gasteiger partial charge >= 0.3 is 0 Å². The molecule has 1 aromatic heterocycles. The Kier molecular flexibility index (Phi) is 7.53. The van der Waals surface area contributed by atoms with Gasteiger partial charge in [-0.2, -0.15) is 0 Å². The Labute approximate surface area is 173 Å². The van der Waals surface area contributed by atoms with E-state index in [4.69, 9.17) is 4.74 Å². The molecule has 0 aliphatic rings. The maximum absolute atomic E-state index is 10.3. The van der Waals surface area contributed by atoms with Crippen molar-refractivity contribution in [2.75, 3.05) is 13.2 Å². The Morgan fingerprint density at radius 3 is 2.54 bits per heavy atom. The molecule has 5 heteroatoms. The summed E-state index contributed by atoms with van der Waals surface area (Å²) in [7, 11) is 2.08. The smallest absolute Gasteiger partial charge is 0.122 e. The topological polar surface area (TPSA) is 46.4 Å². The van der Waals surface area contributed by atoms with Gasteiger partial charge in [-0.3, -0.25) is 0 Å². The third-order valence-electron chi connectivity index (χ3n) is 4.95. The molecular weight excluding hydrogens is 372 g/mol. The van der Waals surface area contributed by atoms with Crippen LogP contribution in [0.25, 0.3) is 10.9 Å². The molecule has 0 saturated carbocycles. The van der Waals surface area contributed by atoms with Crippen molar-refractivity contribution in [3.8, 4) is 5.75 Å². The first-order chi connectivity index (χ1) is 12.9. The number of β-amino-alcohol motifs (C(OH)–C–C–N with tert-alkyl or cyclic N) is 1. The summed E-state index contributed by atoms with van der Waals surface area (Å²) >= 11 is 0. The van der Waals surface area contributed by atoms with Gasteiger partial charge in [-0.05, 0) is 50.5 Å². The predicted octanol–water partition coefficient (Wildman–Crippen LogP) is 4.26. The van der Waals surface area contributed by atoms with Crippen LogP contribution in [0.1, 0.15) is 25.0 Å². The Morgan fingerprint density at radius 1 is 1.11 bits per heavy atom. The molecule has 0 aliphatic heterocycles. The molecule has 0 spiro atoms. The quantitative estimate of drug-likeness (QED) is 0.591. The fourth-order valence-electron chi connectivity index (χ4n) is 3.46. The van der Waals surface area contributed by atoms with Crippen LogP contribution in [0.5, 0.6) is 5.75 Å². The second kappa shape index (κ2) is 9.46. The van der Waals surface area contributed by atoms with Crippen LogP contribution in [-0.4, -0.2) is 34.5 Å². The molecule has 0 saturated heterocycles. The molecule has 0 radical (unpaired) electrons.